The number of carbonyl (C=O) groups excluding carboxylic acids is 1. The Balaban J connectivity index is 1.65. The summed E-state index contributed by atoms with van der Waals surface area (Å²) in [6.07, 6.45) is 6.97. The van der Waals surface area contributed by atoms with Crippen LogP contribution in [-0.2, 0) is 11.3 Å². The normalized spacial score (nSPS) is 22.6. The second-order valence-electron chi connectivity index (χ2n) is 5.84. The number of ether oxygens (including phenoxy) is 1. The van der Waals surface area contributed by atoms with Gasteiger partial charge in [0.1, 0.15) is 4.88 Å². The van der Waals surface area contributed by atoms with Gasteiger partial charge in [0.2, 0.25) is 0 Å². The Bertz CT molecular complexity index is 623. The van der Waals surface area contributed by atoms with Gasteiger partial charge in [0, 0.05) is 36.4 Å². The van der Waals surface area contributed by atoms with Crippen LogP contribution in [0.4, 0.5) is 0 Å². The molecule has 1 aliphatic rings. The maximum absolute atomic E-state index is 11.5. The van der Waals surface area contributed by atoms with Crippen molar-refractivity contribution >= 4 is 17.3 Å². The summed E-state index contributed by atoms with van der Waals surface area (Å²) >= 11 is 1.52. The first kappa shape index (κ1) is 15.2. The molecule has 0 amide bonds. The number of aromatic nitrogens is 2. The van der Waals surface area contributed by atoms with Gasteiger partial charge < -0.3 is 9.30 Å². The molecule has 0 unspecified atom stereocenters. The fraction of sp³-hybridized carbons (Fsp3) is 0.500. The lowest BCUT2D eigenvalue weighted by molar-refractivity contribution is 0.0606. The molecule has 0 aliphatic carbocycles. The molecule has 3 heterocycles. The molecule has 2 atom stereocenters. The standard InChI is InChI=1S/C16H21N3O2S/c1-12-5-7-18(10-14(12)19-8-6-17-11-19)9-13-3-4-15(22-13)16(20)21-2/h3-4,6,8,11-12,14H,5,7,9-10H2,1-2H3/t12-,14+/m0/s1. The Morgan fingerprint density at radius 2 is 2.36 bits per heavy atom. The Morgan fingerprint density at radius 3 is 3.09 bits per heavy atom. The highest BCUT2D eigenvalue weighted by Crippen LogP contribution is 2.29. The maximum atomic E-state index is 11.5. The number of rotatable bonds is 4. The average molecular weight is 319 g/mol. The first-order valence-corrected chi connectivity index (χ1v) is 8.36. The molecule has 0 bridgehead atoms. The first-order valence-electron chi connectivity index (χ1n) is 7.54. The fourth-order valence-electron chi connectivity index (χ4n) is 3.01. The number of hydrogen-bond acceptors (Lipinski definition) is 5. The number of hydrogen-bond donors (Lipinski definition) is 0. The number of piperidine rings is 1. The van der Waals surface area contributed by atoms with E-state index in [0.29, 0.717) is 16.8 Å². The van der Waals surface area contributed by atoms with E-state index in [1.54, 1.807) is 0 Å². The van der Waals surface area contributed by atoms with Crippen LogP contribution in [0.15, 0.2) is 30.9 Å². The third-order valence-electron chi connectivity index (χ3n) is 4.34. The Morgan fingerprint density at radius 1 is 1.50 bits per heavy atom. The zero-order chi connectivity index (χ0) is 15.5. The zero-order valence-corrected chi connectivity index (χ0v) is 13.8. The van der Waals surface area contributed by atoms with Crippen LogP contribution in [0.5, 0.6) is 0 Å². The summed E-state index contributed by atoms with van der Waals surface area (Å²) in [5.41, 5.74) is 0. The average Bonchev–Trinajstić information content (AvgIpc) is 3.20. The molecule has 2 aromatic rings. The highest BCUT2D eigenvalue weighted by Gasteiger charge is 2.27. The van der Waals surface area contributed by atoms with Crippen LogP contribution in [0.1, 0.15) is 33.9 Å². The van der Waals surface area contributed by atoms with Crippen molar-refractivity contribution in [3.8, 4) is 0 Å². The number of thiophene rings is 1. The van der Waals surface area contributed by atoms with Crippen molar-refractivity contribution in [1.82, 2.24) is 14.5 Å². The van der Waals surface area contributed by atoms with Crippen LogP contribution in [0.2, 0.25) is 0 Å². The van der Waals surface area contributed by atoms with Gasteiger partial charge in [-0.1, -0.05) is 6.92 Å². The zero-order valence-electron chi connectivity index (χ0n) is 12.9. The molecule has 2 aromatic heterocycles. The van der Waals surface area contributed by atoms with Gasteiger partial charge in [-0.2, -0.15) is 0 Å². The molecule has 1 saturated heterocycles. The summed E-state index contributed by atoms with van der Waals surface area (Å²) in [6, 6.07) is 4.35. The van der Waals surface area contributed by atoms with Crippen LogP contribution >= 0.6 is 11.3 Å². The summed E-state index contributed by atoms with van der Waals surface area (Å²) in [4.78, 5) is 20.0. The van der Waals surface area contributed by atoms with E-state index in [-0.39, 0.29) is 5.97 Å². The fourth-order valence-corrected chi connectivity index (χ4v) is 3.97. The molecule has 22 heavy (non-hydrogen) atoms. The van der Waals surface area contributed by atoms with Crippen molar-refractivity contribution in [1.29, 1.82) is 0 Å². The highest BCUT2D eigenvalue weighted by atomic mass is 32.1. The topological polar surface area (TPSA) is 47.4 Å². The molecule has 0 radical (unpaired) electrons. The van der Waals surface area contributed by atoms with Crippen molar-refractivity contribution in [2.75, 3.05) is 20.2 Å². The first-order chi connectivity index (χ1) is 10.7. The van der Waals surface area contributed by atoms with Gasteiger partial charge in [-0.25, -0.2) is 9.78 Å². The van der Waals surface area contributed by atoms with Crippen molar-refractivity contribution in [3.05, 3.63) is 40.6 Å². The Kier molecular flexibility index (Phi) is 4.59. The summed E-state index contributed by atoms with van der Waals surface area (Å²) in [7, 11) is 1.42. The summed E-state index contributed by atoms with van der Waals surface area (Å²) < 4.78 is 6.98. The number of methoxy groups -OCH3 is 1. The van der Waals surface area contributed by atoms with Gasteiger partial charge in [-0.3, -0.25) is 4.90 Å². The second-order valence-corrected chi connectivity index (χ2v) is 7.00. The minimum absolute atomic E-state index is 0.250. The lowest BCUT2D eigenvalue weighted by atomic mass is 9.93. The Hall–Kier alpha value is -1.66. The highest BCUT2D eigenvalue weighted by molar-refractivity contribution is 7.13. The number of carbonyl (C=O) groups is 1. The molecule has 118 valence electrons. The number of likely N-dealkylation sites (tertiary alicyclic amines) is 1. The third kappa shape index (κ3) is 3.23. The molecular formula is C16H21N3O2S. The van der Waals surface area contributed by atoms with Gasteiger partial charge in [0.05, 0.1) is 13.4 Å². The van der Waals surface area contributed by atoms with Crippen LogP contribution in [0, 0.1) is 5.92 Å². The summed E-state index contributed by atoms with van der Waals surface area (Å²) in [5.74, 6) is 0.402. The minimum Gasteiger partial charge on any atom is -0.465 e. The van der Waals surface area contributed by atoms with E-state index < -0.39 is 0 Å². The van der Waals surface area contributed by atoms with E-state index in [1.807, 2.05) is 30.9 Å². The minimum atomic E-state index is -0.250. The van der Waals surface area contributed by atoms with E-state index in [0.717, 1.165) is 19.6 Å². The van der Waals surface area contributed by atoms with Crippen molar-refractivity contribution in [3.63, 3.8) is 0 Å². The predicted octanol–water partition coefficient (Wildman–Crippen LogP) is 2.81. The van der Waals surface area contributed by atoms with Crippen LogP contribution in [0.25, 0.3) is 0 Å². The van der Waals surface area contributed by atoms with Crippen LogP contribution in [-0.4, -0.2) is 40.6 Å². The number of nitrogens with zero attached hydrogens (tertiary/aromatic N) is 3. The monoisotopic (exact) mass is 319 g/mol. The third-order valence-corrected chi connectivity index (χ3v) is 5.39. The Labute approximate surface area is 134 Å². The maximum Gasteiger partial charge on any atom is 0.348 e. The molecular weight excluding hydrogens is 298 g/mol. The van der Waals surface area contributed by atoms with Crippen molar-refractivity contribution in [2.45, 2.75) is 25.9 Å². The molecule has 0 spiro atoms. The molecule has 0 aromatic carbocycles. The molecule has 5 nitrogen and oxygen atoms in total. The molecule has 0 saturated carbocycles. The summed E-state index contributed by atoms with van der Waals surface area (Å²) in [6.45, 7) is 5.31. The molecule has 1 aliphatic heterocycles. The van der Waals surface area contributed by atoms with Gasteiger partial charge in [0.25, 0.3) is 0 Å². The number of esters is 1. The van der Waals surface area contributed by atoms with E-state index in [4.69, 9.17) is 4.74 Å². The SMILES string of the molecule is COC(=O)c1ccc(CN2CC[C@H](C)[C@H](n3ccnc3)C2)s1. The van der Waals surface area contributed by atoms with Gasteiger partial charge in [0.15, 0.2) is 0 Å². The van der Waals surface area contributed by atoms with Gasteiger partial charge >= 0.3 is 5.97 Å². The molecule has 0 N–H and O–H groups in total. The molecule has 3 rings (SSSR count). The number of imidazole rings is 1. The van der Waals surface area contributed by atoms with Gasteiger partial charge in [-0.05, 0) is 31.0 Å². The van der Waals surface area contributed by atoms with E-state index in [2.05, 4.69) is 21.4 Å². The van der Waals surface area contributed by atoms with E-state index in [9.17, 15) is 4.79 Å². The smallest absolute Gasteiger partial charge is 0.348 e. The van der Waals surface area contributed by atoms with Gasteiger partial charge in [-0.15, -0.1) is 11.3 Å². The van der Waals surface area contributed by atoms with E-state index in [1.165, 1.54) is 29.7 Å². The lowest BCUT2D eigenvalue weighted by Gasteiger charge is -2.37. The quantitative estimate of drug-likeness (QED) is 0.813. The van der Waals surface area contributed by atoms with Crippen molar-refractivity contribution < 1.29 is 9.53 Å². The lowest BCUT2D eigenvalue weighted by Crippen LogP contribution is -2.39. The van der Waals surface area contributed by atoms with Crippen molar-refractivity contribution in [2.24, 2.45) is 5.92 Å². The molecule has 1 fully saturated rings. The van der Waals surface area contributed by atoms with Crippen LogP contribution < -0.4 is 0 Å². The summed E-state index contributed by atoms with van der Waals surface area (Å²) in [5, 5.41) is 0. The van der Waals surface area contributed by atoms with Crippen LogP contribution in [0.3, 0.4) is 0 Å². The predicted molar refractivity (Wildman–Crippen MR) is 86.0 cm³/mol. The largest absolute Gasteiger partial charge is 0.465 e. The molecule has 6 heteroatoms. The second kappa shape index (κ2) is 6.62. The van der Waals surface area contributed by atoms with E-state index >= 15 is 0 Å².